The van der Waals surface area contributed by atoms with Crippen molar-refractivity contribution < 1.29 is 14.0 Å². The number of nitrogens with zero attached hydrogens (tertiary/aromatic N) is 2. The zero-order chi connectivity index (χ0) is 18.2. The normalized spacial score (nSPS) is 14.9. The number of aryl methyl sites for hydroxylation is 1. The number of rotatable bonds is 6. The van der Waals surface area contributed by atoms with E-state index in [1.165, 1.54) is 17.0 Å². The van der Waals surface area contributed by atoms with Crippen LogP contribution < -0.4 is 10.6 Å². The highest BCUT2D eigenvalue weighted by atomic mass is 127. The number of likely N-dealkylation sites (tertiary alicyclic amines) is 1. The molecule has 0 radical (unpaired) electrons. The van der Waals surface area contributed by atoms with Crippen LogP contribution in [-0.4, -0.2) is 49.4 Å². The Kier molecular flexibility index (Phi) is 9.53. The standard InChI is InChI=1S/C18H25FN4O2.HI/c1-13-12-15(19)7-6-14(13)8-9-21-18(20-2)22-10-11-23-16(24)4-3-5-17(23)25;/h6-7,12H,3-5,8-11H2,1-2H3,(H2,20,21,22);1H. The number of halogens is 2. The first-order valence-electron chi connectivity index (χ1n) is 8.54. The first-order valence-corrected chi connectivity index (χ1v) is 8.54. The molecule has 0 bridgehead atoms. The molecule has 1 aliphatic rings. The predicted octanol–water partition coefficient (Wildman–Crippen LogP) is 2.00. The Labute approximate surface area is 170 Å². The van der Waals surface area contributed by atoms with Gasteiger partial charge in [-0.05, 0) is 43.0 Å². The second kappa shape index (κ2) is 11.1. The van der Waals surface area contributed by atoms with Crippen LogP contribution in [0.1, 0.15) is 30.4 Å². The van der Waals surface area contributed by atoms with Gasteiger partial charge in [0.2, 0.25) is 11.8 Å². The molecule has 144 valence electrons. The maximum atomic E-state index is 13.1. The fraction of sp³-hybridized carbons (Fsp3) is 0.500. The second-order valence-electron chi connectivity index (χ2n) is 6.04. The largest absolute Gasteiger partial charge is 0.356 e. The average molecular weight is 476 g/mol. The molecule has 1 saturated heterocycles. The number of hydrogen-bond acceptors (Lipinski definition) is 3. The van der Waals surface area contributed by atoms with Crippen LogP contribution in [0, 0.1) is 12.7 Å². The SMILES string of the molecule is CN=C(NCCc1ccc(F)cc1C)NCCN1C(=O)CCCC1=O.I. The van der Waals surface area contributed by atoms with Crippen LogP contribution >= 0.6 is 24.0 Å². The first kappa shape index (κ1) is 22.3. The Morgan fingerprint density at radius 1 is 1.19 bits per heavy atom. The van der Waals surface area contributed by atoms with E-state index >= 15 is 0 Å². The van der Waals surface area contributed by atoms with Crippen LogP contribution in [0.3, 0.4) is 0 Å². The molecule has 0 saturated carbocycles. The molecule has 1 aromatic carbocycles. The van der Waals surface area contributed by atoms with Crippen molar-refractivity contribution in [2.45, 2.75) is 32.6 Å². The van der Waals surface area contributed by atoms with Gasteiger partial charge in [-0.25, -0.2) is 4.39 Å². The first-order chi connectivity index (χ1) is 12.0. The highest BCUT2D eigenvalue weighted by molar-refractivity contribution is 14.0. The molecular weight excluding hydrogens is 450 g/mol. The summed E-state index contributed by atoms with van der Waals surface area (Å²) in [5.74, 6) is 0.172. The fourth-order valence-corrected chi connectivity index (χ4v) is 2.81. The summed E-state index contributed by atoms with van der Waals surface area (Å²) in [6.45, 7) is 3.33. The maximum Gasteiger partial charge on any atom is 0.229 e. The third-order valence-corrected chi connectivity index (χ3v) is 4.23. The van der Waals surface area contributed by atoms with Crippen molar-refractivity contribution >= 4 is 41.8 Å². The molecule has 1 aromatic rings. The molecule has 0 spiro atoms. The van der Waals surface area contributed by atoms with Gasteiger partial charge in [0.05, 0.1) is 0 Å². The van der Waals surface area contributed by atoms with Crippen molar-refractivity contribution in [1.29, 1.82) is 0 Å². The van der Waals surface area contributed by atoms with Gasteiger partial charge in [-0.1, -0.05) is 6.07 Å². The molecule has 6 nitrogen and oxygen atoms in total. The molecule has 8 heteroatoms. The molecule has 0 atom stereocenters. The second-order valence-corrected chi connectivity index (χ2v) is 6.04. The fourth-order valence-electron chi connectivity index (χ4n) is 2.81. The lowest BCUT2D eigenvalue weighted by molar-refractivity contribution is -0.147. The molecule has 0 aliphatic carbocycles. The van der Waals surface area contributed by atoms with Crippen molar-refractivity contribution in [3.63, 3.8) is 0 Å². The molecule has 2 N–H and O–H groups in total. The van der Waals surface area contributed by atoms with Gasteiger partial charge in [-0.3, -0.25) is 19.5 Å². The van der Waals surface area contributed by atoms with Crippen molar-refractivity contribution in [3.8, 4) is 0 Å². The number of carbonyl (C=O) groups is 2. The van der Waals surface area contributed by atoms with Crippen molar-refractivity contribution in [2.75, 3.05) is 26.7 Å². The van der Waals surface area contributed by atoms with Gasteiger partial charge in [0.1, 0.15) is 5.82 Å². The number of amides is 2. The number of hydrogen-bond donors (Lipinski definition) is 2. The summed E-state index contributed by atoms with van der Waals surface area (Å²) in [4.78, 5) is 28.9. The third-order valence-electron chi connectivity index (χ3n) is 4.23. The monoisotopic (exact) mass is 476 g/mol. The van der Waals surface area contributed by atoms with Crippen molar-refractivity contribution in [1.82, 2.24) is 15.5 Å². The smallest absolute Gasteiger partial charge is 0.229 e. The summed E-state index contributed by atoms with van der Waals surface area (Å²) in [5.41, 5.74) is 2.00. The minimum absolute atomic E-state index is 0. The van der Waals surface area contributed by atoms with Gasteiger partial charge in [0.15, 0.2) is 5.96 Å². The lowest BCUT2D eigenvalue weighted by Gasteiger charge is -2.25. The van der Waals surface area contributed by atoms with Crippen LogP contribution in [0.2, 0.25) is 0 Å². The van der Waals surface area contributed by atoms with E-state index in [0.29, 0.717) is 44.9 Å². The zero-order valence-electron chi connectivity index (χ0n) is 15.2. The number of piperidine rings is 1. The lowest BCUT2D eigenvalue weighted by Crippen LogP contribution is -2.46. The number of aliphatic imine (C=N–C) groups is 1. The zero-order valence-corrected chi connectivity index (χ0v) is 17.5. The lowest BCUT2D eigenvalue weighted by atomic mass is 10.1. The van der Waals surface area contributed by atoms with Crippen LogP contribution in [0.15, 0.2) is 23.2 Å². The van der Waals surface area contributed by atoms with Gasteiger partial charge < -0.3 is 10.6 Å². The van der Waals surface area contributed by atoms with Crippen molar-refractivity contribution in [3.05, 3.63) is 35.1 Å². The van der Waals surface area contributed by atoms with E-state index in [9.17, 15) is 14.0 Å². The Balaban J connectivity index is 0.00000338. The number of nitrogens with one attached hydrogen (secondary N) is 2. The molecule has 26 heavy (non-hydrogen) atoms. The highest BCUT2D eigenvalue weighted by Crippen LogP contribution is 2.11. The van der Waals surface area contributed by atoms with E-state index < -0.39 is 0 Å². The number of guanidine groups is 1. The molecule has 0 aromatic heterocycles. The van der Waals surface area contributed by atoms with Crippen LogP contribution in [-0.2, 0) is 16.0 Å². The van der Waals surface area contributed by atoms with Gasteiger partial charge in [0.25, 0.3) is 0 Å². The maximum absolute atomic E-state index is 13.1. The van der Waals surface area contributed by atoms with E-state index in [2.05, 4.69) is 15.6 Å². The summed E-state index contributed by atoms with van der Waals surface area (Å²) in [6, 6.07) is 4.77. The average Bonchev–Trinajstić information content (AvgIpc) is 2.57. The van der Waals surface area contributed by atoms with Gasteiger partial charge in [0, 0.05) is 39.5 Å². The Morgan fingerprint density at radius 3 is 2.46 bits per heavy atom. The van der Waals surface area contributed by atoms with Crippen molar-refractivity contribution in [2.24, 2.45) is 4.99 Å². The summed E-state index contributed by atoms with van der Waals surface area (Å²) in [5, 5.41) is 6.28. The molecule has 1 fully saturated rings. The topological polar surface area (TPSA) is 73.8 Å². The van der Waals surface area contributed by atoms with E-state index in [1.54, 1.807) is 13.1 Å². The Morgan fingerprint density at radius 2 is 1.85 bits per heavy atom. The quantitative estimate of drug-likeness (QED) is 0.285. The van der Waals surface area contributed by atoms with Crippen LogP contribution in [0.5, 0.6) is 0 Å². The van der Waals surface area contributed by atoms with Gasteiger partial charge in [-0.2, -0.15) is 0 Å². The predicted molar refractivity (Wildman–Crippen MR) is 110 cm³/mol. The van der Waals surface area contributed by atoms with Crippen LogP contribution in [0.4, 0.5) is 4.39 Å². The summed E-state index contributed by atoms with van der Waals surface area (Å²) >= 11 is 0. The van der Waals surface area contributed by atoms with E-state index in [-0.39, 0.29) is 41.6 Å². The molecule has 1 aliphatic heterocycles. The Bertz CT molecular complexity index is 651. The van der Waals surface area contributed by atoms with Gasteiger partial charge in [-0.15, -0.1) is 24.0 Å². The number of imide groups is 1. The van der Waals surface area contributed by atoms with Gasteiger partial charge >= 0.3 is 0 Å². The summed E-state index contributed by atoms with van der Waals surface area (Å²) < 4.78 is 13.1. The Hall–Kier alpha value is -1.71. The molecular formula is C18H26FIN4O2. The van der Waals surface area contributed by atoms with E-state index in [0.717, 1.165) is 17.5 Å². The minimum Gasteiger partial charge on any atom is -0.356 e. The summed E-state index contributed by atoms with van der Waals surface area (Å²) in [6.07, 6.45) is 2.27. The third kappa shape index (κ3) is 6.54. The van der Waals surface area contributed by atoms with Crippen LogP contribution in [0.25, 0.3) is 0 Å². The highest BCUT2D eigenvalue weighted by Gasteiger charge is 2.25. The molecule has 1 heterocycles. The number of carbonyl (C=O) groups excluding carboxylic acids is 2. The molecule has 2 amide bonds. The molecule has 2 rings (SSSR count). The number of benzene rings is 1. The van der Waals surface area contributed by atoms with E-state index in [1.807, 2.05) is 6.92 Å². The van der Waals surface area contributed by atoms with E-state index in [4.69, 9.17) is 0 Å². The minimum atomic E-state index is -0.228. The summed E-state index contributed by atoms with van der Waals surface area (Å²) in [7, 11) is 1.66. The molecule has 0 unspecified atom stereocenters.